The number of halogens is 1. The number of hydrogen-bond acceptors (Lipinski definition) is 0. The lowest BCUT2D eigenvalue weighted by Gasteiger charge is -1.79. The molecule has 0 amide bonds. The zero-order valence-electron chi connectivity index (χ0n) is 7.57. The molecule has 0 aromatic heterocycles. The predicted octanol–water partition coefficient (Wildman–Crippen LogP) is 3.97. The molecule has 1 atom stereocenters. The lowest BCUT2D eigenvalue weighted by Crippen LogP contribution is -1.64. The third kappa shape index (κ3) is 13.0. The van der Waals surface area contributed by atoms with Crippen LogP contribution in [0.1, 0.15) is 19.8 Å². The van der Waals surface area contributed by atoms with Crippen LogP contribution in [0, 0.1) is 0 Å². The van der Waals surface area contributed by atoms with Crippen LogP contribution < -0.4 is 0 Å². The molecule has 1 aromatic carbocycles. The van der Waals surface area contributed by atoms with Crippen LogP contribution in [0.5, 0.6) is 0 Å². The number of benzene rings is 1. The van der Waals surface area contributed by atoms with E-state index in [0.717, 1.165) is 0 Å². The minimum Gasteiger partial charge on any atom is -0.138 e. The molecule has 1 unspecified atom stereocenters. The molecule has 0 saturated carbocycles. The fraction of sp³-hybridized carbons (Fsp3) is 0.400. The van der Waals surface area contributed by atoms with Crippen LogP contribution in [0.4, 0.5) is 0 Å². The van der Waals surface area contributed by atoms with Gasteiger partial charge in [0.25, 0.3) is 0 Å². The highest BCUT2D eigenvalue weighted by Gasteiger charge is 1.68. The standard InChI is InChI=1S/C6H6.C4H11P.HI/c1-2-4-6-5-3-1;1-2-3-4-5;/h1-6H;2-5H2,1H3;1H. The van der Waals surface area contributed by atoms with E-state index in [1.165, 1.54) is 19.0 Å². The molecule has 0 N–H and O–H groups in total. The van der Waals surface area contributed by atoms with Gasteiger partial charge in [0.2, 0.25) is 0 Å². The van der Waals surface area contributed by atoms with E-state index < -0.39 is 0 Å². The van der Waals surface area contributed by atoms with Crippen molar-refractivity contribution in [3.8, 4) is 0 Å². The van der Waals surface area contributed by atoms with E-state index in [1.807, 2.05) is 36.4 Å². The molecule has 0 nitrogen and oxygen atoms in total. The van der Waals surface area contributed by atoms with Crippen LogP contribution in [0.25, 0.3) is 0 Å². The van der Waals surface area contributed by atoms with Gasteiger partial charge in [-0.3, -0.25) is 0 Å². The fourth-order valence-electron chi connectivity index (χ4n) is 0.589. The number of unbranched alkanes of at least 4 members (excludes halogenated alkanes) is 1. The summed E-state index contributed by atoms with van der Waals surface area (Å²) in [6, 6.07) is 12.0. The topological polar surface area (TPSA) is 0 Å². The Bertz CT molecular complexity index is 113. The first kappa shape index (κ1) is 14.9. The predicted molar refractivity (Wildman–Crippen MR) is 71.3 cm³/mol. The lowest BCUT2D eigenvalue weighted by molar-refractivity contribution is 0.897. The zero-order chi connectivity index (χ0) is 8.36. The molecule has 0 aliphatic carbocycles. The van der Waals surface area contributed by atoms with Crippen LogP contribution in [0.15, 0.2) is 36.4 Å². The fourth-order valence-corrected chi connectivity index (χ4v) is 0.997. The molecule has 0 spiro atoms. The molecule has 0 heterocycles. The van der Waals surface area contributed by atoms with E-state index in [-0.39, 0.29) is 24.0 Å². The zero-order valence-corrected chi connectivity index (χ0v) is 11.1. The number of hydrogen-bond donors (Lipinski definition) is 0. The molecule has 2 heteroatoms. The van der Waals surface area contributed by atoms with Gasteiger partial charge in [-0.2, -0.15) is 0 Å². The van der Waals surface area contributed by atoms with Crippen molar-refractivity contribution < 1.29 is 0 Å². The Labute approximate surface area is 95.4 Å². The molecule has 0 saturated heterocycles. The quantitative estimate of drug-likeness (QED) is 0.572. The van der Waals surface area contributed by atoms with Gasteiger partial charge in [-0.25, -0.2) is 0 Å². The van der Waals surface area contributed by atoms with Crippen molar-refractivity contribution in [3.05, 3.63) is 36.4 Å². The van der Waals surface area contributed by atoms with Crippen molar-refractivity contribution in [3.63, 3.8) is 0 Å². The summed E-state index contributed by atoms with van der Waals surface area (Å²) >= 11 is 0. The van der Waals surface area contributed by atoms with Crippen LogP contribution in [-0.2, 0) is 0 Å². The summed E-state index contributed by atoms with van der Waals surface area (Å²) < 4.78 is 0. The van der Waals surface area contributed by atoms with Crippen LogP contribution >= 0.6 is 33.2 Å². The lowest BCUT2D eigenvalue weighted by atomic mass is 10.4. The van der Waals surface area contributed by atoms with E-state index >= 15 is 0 Å². The van der Waals surface area contributed by atoms with Crippen molar-refractivity contribution in [1.82, 2.24) is 0 Å². The molecular formula is C10H18IP. The summed E-state index contributed by atoms with van der Waals surface area (Å²) in [4.78, 5) is 0. The van der Waals surface area contributed by atoms with Gasteiger partial charge in [-0.15, -0.1) is 33.2 Å². The highest BCUT2D eigenvalue weighted by atomic mass is 127. The molecular weight excluding hydrogens is 278 g/mol. The Morgan fingerprint density at radius 3 is 1.33 bits per heavy atom. The molecule has 0 aliphatic heterocycles. The second-order valence-corrected chi connectivity index (χ2v) is 2.87. The Morgan fingerprint density at radius 1 is 0.917 bits per heavy atom. The van der Waals surface area contributed by atoms with E-state index in [0.29, 0.717) is 0 Å². The van der Waals surface area contributed by atoms with Gasteiger partial charge < -0.3 is 0 Å². The van der Waals surface area contributed by atoms with E-state index in [9.17, 15) is 0 Å². The first-order valence-electron chi connectivity index (χ1n) is 4.12. The van der Waals surface area contributed by atoms with Crippen molar-refractivity contribution in [2.75, 3.05) is 6.16 Å². The summed E-state index contributed by atoms with van der Waals surface area (Å²) in [5.41, 5.74) is 0. The first-order chi connectivity index (χ1) is 5.41. The second kappa shape index (κ2) is 13.9. The Kier molecular flexibility index (Phi) is 17.3. The molecule has 0 fully saturated rings. The Morgan fingerprint density at radius 2 is 1.25 bits per heavy atom. The maximum atomic E-state index is 2.70. The van der Waals surface area contributed by atoms with Gasteiger partial charge in [0.1, 0.15) is 0 Å². The van der Waals surface area contributed by atoms with Gasteiger partial charge in [0.15, 0.2) is 0 Å². The summed E-state index contributed by atoms with van der Waals surface area (Å²) in [5.74, 6) is 0. The molecule has 0 bridgehead atoms. The highest BCUT2D eigenvalue weighted by molar-refractivity contribution is 14.0. The van der Waals surface area contributed by atoms with Gasteiger partial charge in [0, 0.05) is 0 Å². The monoisotopic (exact) mass is 296 g/mol. The van der Waals surface area contributed by atoms with E-state index in [2.05, 4.69) is 16.2 Å². The van der Waals surface area contributed by atoms with E-state index in [4.69, 9.17) is 0 Å². The summed E-state index contributed by atoms with van der Waals surface area (Å²) in [5, 5.41) is 0. The number of rotatable bonds is 2. The SMILES string of the molecule is CCCCP.I.c1ccccc1. The van der Waals surface area contributed by atoms with Crippen LogP contribution in [0.2, 0.25) is 0 Å². The molecule has 1 rings (SSSR count). The smallest absolute Gasteiger partial charge is 0.0381 e. The summed E-state index contributed by atoms with van der Waals surface area (Å²) in [6.07, 6.45) is 3.94. The van der Waals surface area contributed by atoms with Crippen molar-refractivity contribution >= 4 is 33.2 Å². The summed E-state index contributed by atoms with van der Waals surface area (Å²) in [7, 11) is 2.70. The van der Waals surface area contributed by atoms with Crippen molar-refractivity contribution in [2.45, 2.75) is 19.8 Å². The van der Waals surface area contributed by atoms with E-state index in [1.54, 1.807) is 0 Å². The van der Waals surface area contributed by atoms with Gasteiger partial charge in [-0.05, 0) is 6.16 Å². The highest BCUT2D eigenvalue weighted by Crippen LogP contribution is 1.89. The average Bonchev–Trinajstić information content (AvgIpc) is 2.10. The van der Waals surface area contributed by atoms with Gasteiger partial charge in [-0.1, -0.05) is 56.2 Å². The molecule has 70 valence electrons. The van der Waals surface area contributed by atoms with Crippen LogP contribution in [0.3, 0.4) is 0 Å². The third-order valence-electron chi connectivity index (χ3n) is 1.22. The van der Waals surface area contributed by atoms with Crippen molar-refractivity contribution in [1.29, 1.82) is 0 Å². The first-order valence-corrected chi connectivity index (χ1v) is 4.93. The minimum absolute atomic E-state index is 0. The van der Waals surface area contributed by atoms with Gasteiger partial charge >= 0.3 is 0 Å². The molecule has 1 aromatic rings. The molecule has 12 heavy (non-hydrogen) atoms. The maximum Gasteiger partial charge on any atom is -0.0381 e. The maximum absolute atomic E-state index is 2.70. The third-order valence-corrected chi connectivity index (χ3v) is 1.63. The Balaban J connectivity index is 0. The van der Waals surface area contributed by atoms with Crippen LogP contribution in [-0.4, -0.2) is 6.16 Å². The second-order valence-electron chi connectivity index (χ2n) is 2.30. The Hall–Kier alpha value is 0.380. The van der Waals surface area contributed by atoms with Gasteiger partial charge in [0.05, 0.1) is 0 Å². The minimum atomic E-state index is 0. The largest absolute Gasteiger partial charge is 0.138 e. The molecule has 0 radical (unpaired) electrons. The average molecular weight is 296 g/mol. The molecule has 0 aliphatic rings. The normalized spacial score (nSPS) is 7.50. The van der Waals surface area contributed by atoms with Crippen molar-refractivity contribution in [2.24, 2.45) is 0 Å². The summed E-state index contributed by atoms with van der Waals surface area (Å²) in [6.45, 7) is 2.20.